The number of hydrogen-bond acceptors (Lipinski definition) is 8. The number of fused-ring (bicyclic) bond motifs is 1. The Balaban J connectivity index is 1.59. The van der Waals surface area contributed by atoms with Crippen LogP contribution < -0.4 is 15.4 Å². The van der Waals surface area contributed by atoms with E-state index in [1.807, 2.05) is 6.92 Å². The van der Waals surface area contributed by atoms with Gasteiger partial charge in [-0.25, -0.2) is 9.97 Å². The number of ketones is 1. The SMILES string of the molecule is Cc1cc(Cl)cc2c1OC1(CCN(c3ncnc(N)c3[N+](=O)[O-])CC1)CC2=O. The smallest absolute Gasteiger partial charge is 0.353 e. The molecule has 9 nitrogen and oxygen atoms in total. The number of benzene rings is 1. The molecule has 2 aromatic rings. The minimum Gasteiger partial charge on any atom is -0.486 e. The van der Waals surface area contributed by atoms with Gasteiger partial charge in [-0.3, -0.25) is 14.9 Å². The van der Waals surface area contributed by atoms with Gasteiger partial charge < -0.3 is 15.4 Å². The summed E-state index contributed by atoms with van der Waals surface area (Å²) in [5, 5.41) is 11.9. The summed E-state index contributed by atoms with van der Waals surface area (Å²) in [5.41, 5.74) is 6.06. The van der Waals surface area contributed by atoms with Crippen molar-refractivity contribution in [3.63, 3.8) is 0 Å². The first kappa shape index (κ1) is 18.4. The molecule has 1 aromatic carbocycles. The lowest BCUT2D eigenvalue weighted by atomic mass is 9.82. The zero-order chi connectivity index (χ0) is 20.1. The molecule has 0 radical (unpaired) electrons. The molecule has 0 aliphatic carbocycles. The summed E-state index contributed by atoms with van der Waals surface area (Å²) in [7, 11) is 0. The van der Waals surface area contributed by atoms with Gasteiger partial charge in [0, 0.05) is 31.0 Å². The lowest BCUT2D eigenvalue weighted by Crippen LogP contribution is -2.51. The van der Waals surface area contributed by atoms with Crippen molar-refractivity contribution in [2.75, 3.05) is 23.7 Å². The van der Waals surface area contributed by atoms with Crippen LogP contribution in [0.5, 0.6) is 5.75 Å². The van der Waals surface area contributed by atoms with E-state index in [1.54, 1.807) is 17.0 Å². The van der Waals surface area contributed by atoms with Gasteiger partial charge in [-0.05, 0) is 24.6 Å². The van der Waals surface area contributed by atoms with E-state index in [1.165, 1.54) is 6.33 Å². The standard InChI is InChI=1S/C18H18ClN5O4/c1-10-6-11(19)7-12-13(25)8-18(28-15(10)12)2-4-23(5-3-18)17-14(24(26)27)16(20)21-9-22-17/h6-7,9H,2-5,8H2,1H3,(H2,20,21,22). The number of nitrogens with two attached hydrogens (primary N) is 1. The third-order valence-electron chi connectivity index (χ3n) is 5.33. The maximum atomic E-state index is 12.7. The summed E-state index contributed by atoms with van der Waals surface area (Å²) in [6.07, 6.45) is 2.52. The number of rotatable bonds is 2. The molecule has 1 spiro atoms. The van der Waals surface area contributed by atoms with Gasteiger partial charge in [-0.1, -0.05) is 11.6 Å². The van der Waals surface area contributed by atoms with Crippen LogP contribution in [0, 0.1) is 17.0 Å². The average Bonchev–Trinajstić information content (AvgIpc) is 2.63. The molecule has 10 heteroatoms. The van der Waals surface area contributed by atoms with Crippen LogP contribution in [0.3, 0.4) is 0 Å². The Labute approximate surface area is 165 Å². The number of aromatic nitrogens is 2. The molecule has 1 saturated heterocycles. The van der Waals surface area contributed by atoms with Crippen molar-refractivity contribution >= 4 is 34.7 Å². The second-order valence-corrected chi connectivity index (χ2v) is 7.60. The first-order chi connectivity index (χ1) is 13.3. The van der Waals surface area contributed by atoms with Gasteiger partial charge in [-0.15, -0.1) is 0 Å². The molecule has 2 N–H and O–H groups in total. The highest BCUT2D eigenvalue weighted by atomic mass is 35.5. The predicted molar refractivity (Wildman–Crippen MR) is 103 cm³/mol. The molecule has 3 heterocycles. The Morgan fingerprint density at radius 1 is 1.32 bits per heavy atom. The number of ether oxygens (including phenoxy) is 1. The van der Waals surface area contributed by atoms with Crippen LogP contribution in [0.4, 0.5) is 17.3 Å². The molecular weight excluding hydrogens is 386 g/mol. The number of hydrogen-bond donors (Lipinski definition) is 1. The quantitative estimate of drug-likeness (QED) is 0.599. The van der Waals surface area contributed by atoms with Crippen LogP contribution in [0.1, 0.15) is 35.2 Å². The fourth-order valence-electron chi connectivity index (χ4n) is 3.91. The van der Waals surface area contributed by atoms with Crippen LogP contribution in [0.25, 0.3) is 0 Å². The van der Waals surface area contributed by atoms with Crippen LogP contribution in [-0.4, -0.2) is 39.4 Å². The fraction of sp³-hybridized carbons (Fsp3) is 0.389. The normalized spacial score (nSPS) is 17.9. The van der Waals surface area contributed by atoms with Gasteiger partial charge >= 0.3 is 5.69 Å². The second-order valence-electron chi connectivity index (χ2n) is 7.16. The molecule has 0 amide bonds. The van der Waals surface area contributed by atoms with Crippen molar-refractivity contribution in [1.29, 1.82) is 0 Å². The molecule has 2 aliphatic rings. The van der Waals surface area contributed by atoms with Gasteiger partial charge in [0.05, 0.1) is 16.9 Å². The molecule has 28 heavy (non-hydrogen) atoms. The Morgan fingerprint density at radius 3 is 2.71 bits per heavy atom. The third-order valence-corrected chi connectivity index (χ3v) is 5.55. The van der Waals surface area contributed by atoms with Gasteiger partial charge in [0.1, 0.15) is 17.7 Å². The Hall–Kier alpha value is -2.94. The maximum Gasteiger partial charge on any atom is 0.353 e. The summed E-state index contributed by atoms with van der Waals surface area (Å²) in [4.78, 5) is 33.1. The summed E-state index contributed by atoms with van der Waals surface area (Å²) in [6.45, 7) is 2.76. The number of piperidine rings is 1. The number of aryl methyl sites for hydroxylation is 1. The topological polar surface area (TPSA) is 124 Å². The largest absolute Gasteiger partial charge is 0.486 e. The predicted octanol–water partition coefficient (Wildman–Crippen LogP) is 2.93. The van der Waals surface area contributed by atoms with E-state index < -0.39 is 10.5 Å². The minimum atomic E-state index is -0.632. The molecule has 0 unspecified atom stereocenters. The molecule has 0 bridgehead atoms. The van der Waals surface area contributed by atoms with E-state index in [-0.39, 0.29) is 29.5 Å². The maximum absolute atomic E-state index is 12.7. The fourth-order valence-corrected chi connectivity index (χ4v) is 4.18. The van der Waals surface area contributed by atoms with Crippen LogP contribution >= 0.6 is 11.6 Å². The molecule has 146 valence electrons. The van der Waals surface area contributed by atoms with Gasteiger partial charge in [0.2, 0.25) is 11.6 Å². The number of Topliss-reactive ketones (excluding diaryl/α,β-unsaturated/α-hetero) is 1. The molecule has 2 aliphatic heterocycles. The highest BCUT2D eigenvalue weighted by Gasteiger charge is 2.44. The van der Waals surface area contributed by atoms with E-state index in [2.05, 4.69) is 9.97 Å². The Morgan fingerprint density at radius 2 is 2.04 bits per heavy atom. The number of anilines is 2. The number of carbonyl (C=O) groups is 1. The zero-order valence-corrected chi connectivity index (χ0v) is 15.9. The van der Waals surface area contributed by atoms with E-state index in [4.69, 9.17) is 22.1 Å². The highest BCUT2D eigenvalue weighted by Crippen LogP contribution is 2.43. The minimum absolute atomic E-state index is 0.00226. The lowest BCUT2D eigenvalue weighted by Gasteiger charge is -2.44. The molecule has 0 saturated carbocycles. The first-order valence-electron chi connectivity index (χ1n) is 8.82. The summed E-state index contributed by atoms with van der Waals surface area (Å²) in [5.74, 6) is 0.600. The van der Waals surface area contributed by atoms with Crippen LogP contribution in [-0.2, 0) is 0 Å². The van der Waals surface area contributed by atoms with E-state index in [0.29, 0.717) is 42.3 Å². The Bertz CT molecular complexity index is 988. The second kappa shape index (κ2) is 6.59. The van der Waals surface area contributed by atoms with Crippen molar-refractivity contribution in [2.24, 2.45) is 0 Å². The summed E-state index contributed by atoms with van der Waals surface area (Å²) in [6, 6.07) is 3.41. The Kier molecular flexibility index (Phi) is 4.34. The van der Waals surface area contributed by atoms with E-state index in [9.17, 15) is 14.9 Å². The lowest BCUT2D eigenvalue weighted by molar-refractivity contribution is -0.383. The van der Waals surface area contributed by atoms with E-state index >= 15 is 0 Å². The van der Waals surface area contributed by atoms with Crippen molar-refractivity contribution in [1.82, 2.24) is 9.97 Å². The van der Waals surface area contributed by atoms with Crippen molar-refractivity contribution in [3.05, 3.63) is 44.7 Å². The van der Waals surface area contributed by atoms with Gasteiger partial charge in [0.25, 0.3) is 0 Å². The van der Waals surface area contributed by atoms with Crippen LogP contribution in [0.15, 0.2) is 18.5 Å². The van der Waals surface area contributed by atoms with Crippen molar-refractivity contribution < 1.29 is 14.5 Å². The molecular formula is C18H18ClN5O4. The molecule has 1 aromatic heterocycles. The third kappa shape index (κ3) is 3.01. The van der Waals surface area contributed by atoms with Gasteiger partial charge in [-0.2, -0.15) is 0 Å². The molecule has 1 fully saturated rings. The molecule has 0 atom stereocenters. The summed E-state index contributed by atoms with van der Waals surface area (Å²) < 4.78 is 6.30. The average molecular weight is 404 g/mol. The van der Waals surface area contributed by atoms with Crippen molar-refractivity contribution in [3.8, 4) is 5.75 Å². The number of carbonyl (C=O) groups excluding carboxylic acids is 1. The summed E-state index contributed by atoms with van der Waals surface area (Å²) >= 11 is 6.07. The zero-order valence-electron chi connectivity index (χ0n) is 15.1. The first-order valence-corrected chi connectivity index (χ1v) is 9.20. The molecule has 4 rings (SSSR count). The highest BCUT2D eigenvalue weighted by molar-refractivity contribution is 6.31. The van der Waals surface area contributed by atoms with E-state index in [0.717, 1.165) is 5.56 Å². The number of nitro groups is 1. The number of halogens is 1. The number of nitrogen functional groups attached to an aromatic ring is 1. The van der Waals surface area contributed by atoms with Crippen LogP contribution in [0.2, 0.25) is 5.02 Å². The van der Waals surface area contributed by atoms with Gasteiger partial charge in [0.15, 0.2) is 5.78 Å². The number of nitrogens with zero attached hydrogens (tertiary/aromatic N) is 4. The monoisotopic (exact) mass is 403 g/mol. The van der Waals surface area contributed by atoms with Crippen molar-refractivity contribution in [2.45, 2.75) is 31.8 Å².